The number of fused-ring (bicyclic) bond motifs is 2. The molecule has 0 amide bonds. The predicted molar refractivity (Wildman–Crippen MR) is 89.0 cm³/mol. The van der Waals surface area contributed by atoms with Gasteiger partial charge in [0.2, 0.25) is 5.43 Å². The Morgan fingerprint density at radius 2 is 2.04 bits per heavy atom. The Bertz CT molecular complexity index is 1000. The fraction of sp³-hybridized carbons (Fsp3) is 0.222. The molecule has 1 atom stereocenters. The molecule has 0 fully saturated rings. The molecule has 0 aliphatic carbocycles. The number of hydrogen-bond acceptors (Lipinski definition) is 6. The van der Waals surface area contributed by atoms with Crippen molar-refractivity contribution in [3.8, 4) is 17.2 Å². The lowest BCUT2D eigenvalue weighted by Gasteiger charge is -2.13. The summed E-state index contributed by atoms with van der Waals surface area (Å²) in [7, 11) is 1.48. The molecular weight excluding hydrogens is 312 g/mol. The van der Waals surface area contributed by atoms with Crippen LogP contribution in [0.4, 0.5) is 0 Å². The quantitative estimate of drug-likeness (QED) is 0.741. The van der Waals surface area contributed by atoms with E-state index < -0.39 is 6.10 Å². The van der Waals surface area contributed by atoms with E-state index in [9.17, 15) is 14.7 Å². The summed E-state index contributed by atoms with van der Waals surface area (Å²) in [4.78, 5) is 24.0. The van der Waals surface area contributed by atoms with E-state index in [1.165, 1.54) is 26.2 Å². The first-order chi connectivity index (χ1) is 11.4. The average Bonchev–Trinajstić information content (AvgIpc) is 2.53. The van der Waals surface area contributed by atoms with Crippen LogP contribution in [0.15, 0.2) is 39.5 Å². The van der Waals surface area contributed by atoms with Crippen LogP contribution in [0, 0.1) is 0 Å². The summed E-state index contributed by atoms with van der Waals surface area (Å²) in [6.45, 7) is 3.01. The van der Waals surface area contributed by atoms with Gasteiger partial charge in [-0.05, 0) is 26.0 Å². The lowest BCUT2D eigenvalue weighted by molar-refractivity contribution is -0.122. The molecule has 0 saturated heterocycles. The minimum absolute atomic E-state index is 0.0542. The van der Waals surface area contributed by atoms with Gasteiger partial charge >= 0.3 is 0 Å². The van der Waals surface area contributed by atoms with Crippen molar-refractivity contribution in [1.82, 2.24) is 0 Å². The first-order valence-corrected chi connectivity index (χ1v) is 7.36. The lowest BCUT2D eigenvalue weighted by atomic mass is 10.1. The predicted octanol–water partition coefficient (Wildman–Crippen LogP) is 3.02. The van der Waals surface area contributed by atoms with Crippen molar-refractivity contribution in [2.75, 3.05) is 7.11 Å². The third kappa shape index (κ3) is 2.56. The fourth-order valence-electron chi connectivity index (χ4n) is 2.45. The maximum atomic E-state index is 12.6. The first kappa shape index (κ1) is 15.9. The number of ketones is 1. The van der Waals surface area contributed by atoms with Gasteiger partial charge in [0, 0.05) is 12.1 Å². The number of ether oxygens (including phenoxy) is 2. The van der Waals surface area contributed by atoms with Crippen LogP contribution in [0.5, 0.6) is 17.2 Å². The molecule has 3 aromatic rings. The number of phenols is 1. The Labute approximate surface area is 137 Å². The number of para-hydroxylation sites is 1. The van der Waals surface area contributed by atoms with Gasteiger partial charge in [0.05, 0.1) is 12.5 Å². The van der Waals surface area contributed by atoms with E-state index in [1.807, 2.05) is 0 Å². The number of hydrogen-bond donors (Lipinski definition) is 1. The van der Waals surface area contributed by atoms with Gasteiger partial charge in [-0.15, -0.1) is 0 Å². The summed E-state index contributed by atoms with van der Waals surface area (Å²) in [5.41, 5.74) is 0.0743. The van der Waals surface area contributed by atoms with Crippen LogP contribution >= 0.6 is 0 Å². The molecule has 1 unspecified atom stereocenters. The van der Waals surface area contributed by atoms with Gasteiger partial charge in [0.15, 0.2) is 23.2 Å². The van der Waals surface area contributed by atoms with Crippen LogP contribution in [0.1, 0.15) is 13.8 Å². The lowest BCUT2D eigenvalue weighted by Crippen LogP contribution is -2.20. The number of Topliss-reactive ketones (excluding diaryl/α,β-unsaturated/α-hetero) is 1. The maximum absolute atomic E-state index is 12.6. The molecule has 24 heavy (non-hydrogen) atoms. The normalized spacial score (nSPS) is 12.3. The highest BCUT2D eigenvalue weighted by molar-refractivity contribution is 5.95. The smallest absolute Gasteiger partial charge is 0.204 e. The van der Waals surface area contributed by atoms with E-state index in [4.69, 9.17) is 13.9 Å². The minimum Gasteiger partial charge on any atom is -0.507 e. The Hall–Kier alpha value is -3.02. The second kappa shape index (κ2) is 5.88. The number of rotatable bonds is 4. The second-order valence-electron chi connectivity index (χ2n) is 5.45. The molecule has 1 aromatic heterocycles. The van der Waals surface area contributed by atoms with Crippen molar-refractivity contribution in [2.45, 2.75) is 20.0 Å². The van der Waals surface area contributed by atoms with Crippen molar-refractivity contribution in [1.29, 1.82) is 0 Å². The minimum atomic E-state index is -0.677. The van der Waals surface area contributed by atoms with Crippen LogP contribution in [-0.2, 0) is 4.79 Å². The highest BCUT2D eigenvalue weighted by Crippen LogP contribution is 2.33. The van der Waals surface area contributed by atoms with E-state index in [2.05, 4.69) is 0 Å². The molecule has 0 radical (unpaired) electrons. The summed E-state index contributed by atoms with van der Waals surface area (Å²) in [6.07, 6.45) is -0.677. The van der Waals surface area contributed by atoms with E-state index in [0.29, 0.717) is 11.1 Å². The summed E-state index contributed by atoms with van der Waals surface area (Å²) in [5.74, 6) is 0.224. The Kier molecular flexibility index (Phi) is 3.89. The number of methoxy groups -OCH3 is 1. The molecule has 124 valence electrons. The molecule has 6 nitrogen and oxygen atoms in total. The molecule has 2 aromatic carbocycles. The number of aromatic hydroxyl groups is 1. The van der Waals surface area contributed by atoms with Crippen molar-refractivity contribution in [3.05, 3.63) is 40.6 Å². The van der Waals surface area contributed by atoms with E-state index in [1.54, 1.807) is 25.1 Å². The van der Waals surface area contributed by atoms with E-state index >= 15 is 0 Å². The van der Waals surface area contributed by atoms with Crippen LogP contribution in [-0.4, -0.2) is 24.1 Å². The molecule has 0 saturated carbocycles. The first-order valence-electron chi connectivity index (χ1n) is 7.36. The van der Waals surface area contributed by atoms with Crippen molar-refractivity contribution in [2.24, 2.45) is 0 Å². The Morgan fingerprint density at radius 3 is 2.71 bits per heavy atom. The summed E-state index contributed by atoms with van der Waals surface area (Å²) < 4.78 is 16.4. The molecule has 1 heterocycles. The van der Waals surface area contributed by atoms with Gasteiger partial charge in [-0.1, -0.05) is 6.07 Å². The standard InChI is InChI=1S/C18H16O6/c1-9(19)10(2)23-11-7-13(20)16-15(8-11)24-18-12(17(16)21)5-4-6-14(18)22-3/h4-8,10,20H,1-3H3. The monoisotopic (exact) mass is 328 g/mol. The SMILES string of the molecule is COc1cccc2c(=O)c3c(O)cc(OC(C)C(C)=O)cc3oc12. The fourth-order valence-corrected chi connectivity index (χ4v) is 2.45. The van der Waals surface area contributed by atoms with E-state index in [-0.39, 0.29) is 39.3 Å². The zero-order chi connectivity index (χ0) is 17.4. The topological polar surface area (TPSA) is 86.0 Å². The van der Waals surface area contributed by atoms with Crippen LogP contribution < -0.4 is 14.9 Å². The third-order valence-corrected chi connectivity index (χ3v) is 3.82. The molecule has 1 N–H and O–H groups in total. The summed E-state index contributed by atoms with van der Waals surface area (Å²) in [6, 6.07) is 7.72. The molecule has 0 bridgehead atoms. The number of phenolic OH excluding ortho intramolecular Hbond substituents is 1. The zero-order valence-corrected chi connectivity index (χ0v) is 13.5. The Balaban J connectivity index is 2.28. The van der Waals surface area contributed by atoms with Crippen molar-refractivity contribution < 1.29 is 23.8 Å². The van der Waals surface area contributed by atoms with Gasteiger partial charge in [-0.25, -0.2) is 0 Å². The average molecular weight is 328 g/mol. The number of carbonyl (C=O) groups excluding carboxylic acids is 1. The molecule has 0 aliphatic heterocycles. The van der Waals surface area contributed by atoms with Gasteiger partial charge in [-0.3, -0.25) is 9.59 Å². The summed E-state index contributed by atoms with van der Waals surface area (Å²) >= 11 is 0. The number of benzene rings is 2. The van der Waals surface area contributed by atoms with E-state index in [0.717, 1.165) is 0 Å². The Morgan fingerprint density at radius 1 is 1.29 bits per heavy atom. The van der Waals surface area contributed by atoms with Crippen LogP contribution in [0.25, 0.3) is 21.9 Å². The molecule has 0 aliphatic rings. The van der Waals surface area contributed by atoms with Crippen molar-refractivity contribution >= 4 is 27.7 Å². The third-order valence-electron chi connectivity index (χ3n) is 3.82. The van der Waals surface area contributed by atoms with Crippen LogP contribution in [0.2, 0.25) is 0 Å². The van der Waals surface area contributed by atoms with Gasteiger partial charge < -0.3 is 19.0 Å². The van der Waals surface area contributed by atoms with Gasteiger partial charge in [0.1, 0.15) is 22.5 Å². The molecule has 3 rings (SSSR count). The highest BCUT2D eigenvalue weighted by atomic mass is 16.5. The van der Waals surface area contributed by atoms with Gasteiger partial charge in [0.25, 0.3) is 0 Å². The number of carbonyl (C=O) groups is 1. The largest absolute Gasteiger partial charge is 0.507 e. The maximum Gasteiger partial charge on any atom is 0.204 e. The zero-order valence-electron chi connectivity index (χ0n) is 13.5. The van der Waals surface area contributed by atoms with Gasteiger partial charge in [-0.2, -0.15) is 0 Å². The highest BCUT2D eigenvalue weighted by Gasteiger charge is 2.17. The second-order valence-corrected chi connectivity index (χ2v) is 5.45. The molecular formula is C18H16O6. The molecule has 6 heteroatoms. The molecule has 0 spiro atoms. The van der Waals surface area contributed by atoms with Crippen LogP contribution in [0.3, 0.4) is 0 Å². The summed E-state index contributed by atoms with van der Waals surface area (Å²) in [5, 5.41) is 10.6. The van der Waals surface area contributed by atoms with Crippen molar-refractivity contribution in [3.63, 3.8) is 0 Å².